The molecule has 0 aliphatic carbocycles. The molecule has 0 unspecified atom stereocenters. The molecule has 0 bridgehead atoms. The molecule has 2 aromatic rings. The molecule has 1 aliphatic rings. The Morgan fingerprint density at radius 2 is 1.81 bits per heavy atom. The first-order chi connectivity index (χ1) is 14.6. The van der Waals surface area contributed by atoms with Crippen LogP contribution in [0.25, 0.3) is 0 Å². The lowest BCUT2D eigenvalue weighted by atomic mass is 10.1. The molecule has 3 rings (SSSR count). The number of amides is 3. The van der Waals surface area contributed by atoms with Crippen LogP contribution in [0.3, 0.4) is 0 Å². The third-order valence-corrected chi connectivity index (χ3v) is 7.06. The van der Waals surface area contributed by atoms with Crippen molar-refractivity contribution in [3.05, 3.63) is 59.2 Å². The molecule has 0 saturated heterocycles. The highest BCUT2D eigenvalue weighted by Crippen LogP contribution is 2.32. The van der Waals surface area contributed by atoms with Gasteiger partial charge in [-0.2, -0.15) is 0 Å². The summed E-state index contributed by atoms with van der Waals surface area (Å²) in [4.78, 5) is 38.7. The molecule has 0 radical (unpaired) electrons. The van der Waals surface area contributed by atoms with Crippen LogP contribution in [0.5, 0.6) is 0 Å². The second kappa shape index (κ2) is 8.50. The fourth-order valence-electron chi connectivity index (χ4n) is 3.54. The van der Waals surface area contributed by atoms with Gasteiger partial charge < -0.3 is 10.2 Å². The Balaban J connectivity index is 1.78. The van der Waals surface area contributed by atoms with Crippen molar-refractivity contribution in [2.75, 3.05) is 18.9 Å². The van der Waals surface area contributed by atoms with Crippen molar-refractivity contribution < 1.29 is 22.8 Å². The van der Waals surface area contributed by atoms with Gasteiger partial charge in [0, 0.05) is 24.3 Å². The lowest BCUT2D eigenvalue weighted by Crippen LogP contribution is -2.36. The number of anilines is 1. The average Bonchev–Trinajstić information content (AvgIpc) is 2.92. The Bertz CT molecular complexity index is 1160. The summed E-state index contributed by atoms with van der Waals surface area (Å²) < 4.78 is 26.3. The second-order valence-electron chi connectivity index (χ2n) is 7.63. The van der Waals surface area contributed by atoms with E-state index in [1.54, 1.807) is 19.9 Å². The maximum atomic E-state index is 12.8. The number of aryl methyl sites for hydroxylation is 1. The number of fused-ring (bicyclic) bond motifs is 1. The fourth-order valence-corrected chi connectivity index (χ4v) is 5.33. The fraction of sp³-hybridized carbons (Fsp3) is 0.318. The molecule has 0 saturated carbocycles. The normalized spacial score (nSPS) is 14.5. The highest BCUT2D eigenvalue weighted by molar-refractivity contribution is 7.90. The summed E-state index contributed by atoms with van der Waals surface area (Å²) >= 11 is 0. The van der Waals surface area contributed by atoms with Crippen LogP contribution in [0, 0.1) is 0 Å². The highest BCUT2D eigenvalue weighted by Gasteiger charge is 2.43. The molecule has 1 aliphatic heterocycles. The van der Waals surface area contributed by atoms with Crippen molar-refractivity contribution in [1.29, 1.82) is 0 Å². The first kappa shape index (κ1) is 22.5. The number of rotatable bonds is 6. The van der Waals surface area contributed by atoms with Crippen molar-refractivity contribution in [3.8, 4) is 0 Å². The van der Waals surface area contributed by atoms with Crippen molar-refractivity contribution in [2.24, 2.45) is 0 Å². The maximum Gasteiger partial charge on any atom is 0.269 e. The van der Waals surface area contributed by atoms with E-state index in [4.69, 9.17) is 0 Å². The lowest BCUT2D eigenvalue weighted by molar-refractivity contribution is -0.116. The molecule has 1 N–H and O–H groups in total. The zero-order chi connectivity index (χ0) is 22.9. The van der Waals surface area contributed by atoms with E-state index >= 15 is 0 Å². The SMILES string of the molecule is CCc1ccccc1NC(=O)CN(C)C(=O)c1ccc2c(c1)S(=O)(=O)N(C(C)C)C2=O. The number of carbonyl (C=O) groups is 3. The van der Waals surface area contributed by atoms with Gasteiger partial charge >= 0.3 is 0 Å². The molecule has 2 aromatic carbocycles. The second-order valence-corrected chi connectivity index (χ2v) is 9.41. The number of para-hydroxylation sites is 1. The number of benzene rings is 2. The summed E-state index contributed by atoms with van der Waals surface area (Å²) in [7, 11) is -2.55. The predicted molar refractivity (Wildman–Crippen MR) is 116 cm³/mol. The molecular weight excluding hydrogens is 418 g/mol. The molecule has 1 heterocycles. The Morgan fingerprint density at radius 1 is 1.13 bits per heavy atom. The van der Waals surface area contributed by atoms with Gasteiger partial charge in [-0.3, -0.25) is 14.4 Å². The van der Waals surface area contributed by atoms with Crippen LogP contribution in [-0.2, 0) is 21.2 Å². The van der Waals surface area contributed by atoms with Crippen LogP contribution in [0.1, 0.15) is 47.1 Å². The summed E-state index contributed by atoms with van der Waals surface area (Å²) in [6.45, 7) is 4.98. The zero-order valence-electron chi connectivity index (χ0n) is 17.9. The van der Waals surface area contributed by atoms with E-state index in [2.05, 4.69) is 5.32 Å². The minimum atomic E-state index is -4.01. The predicted octanol–water partition coefficient (Wildman–Crippen LogP) is 2.51. The van der Waals surface area contributed by atoms with Gasteiger partial charge in [0.25, 0.3) is 21.8 Å². The molecule has 164 valence electrons. The largest absolute Gasteiger partial charge is 0.332 e. The molecule has 0 aromatic heterocycles. The van der Waals surface area contributed by atoms with Crippen LogP contribution in [0.2, 0.25) is 0 Å². The van der Waals surface area contributed by atoms with E-state index in [-0.39, 0.29) is 28.5 Å². The molecule has 3 amide bonds. The van der Waals surface area contributed by atoms with E-state index in [0.717, 1.165) is 16.3 Å². The van der Waals surface area contributed by atoms with Crippen molar-refractivity contribution in [2.45, 2.75) is 38.1 Å². The third-order valence-electron chi connectivity index (χ3n) is 5.06. The maximum absolute atomic E-state index is 12.8. The number of carbonyl (C=O) groups excluding carboxylic acids is 3. The molecule has 31 heavy (non-hydrogen) atoms. The first-order valence-electron chi connectivity index (χ1n) is 9.94. The topological polar surface area (TPSA) is 104 Å². The van der Waals surface area contributed by atoms with E-state index in [1.807, 2.05) is 25.1 Å². The summed E-state index contributed by atoms with van der Waals surface area (Å²) in [6, 6.07) is 10.8. The average molecular weight is 444 g/mol. The standard InChI is InChI=1S/C22H25N3O5S/c1-5-15-8-6-7-9-18(15)23-20(26)13-24(4)21(27)16-10-11-17-19(12-16)31(29,30)25(14(2)3)22(17)28/h6-12,14H,5,13H2,1-4H3,(H,23,26). The molecular formula is C22H25N3O5S. The summed E-state index contributed by atoms with van der Waals surface area (Å²) in [5.41, 5.74) is 1.80. The van der Waals surface area contributed by atoms with Gasteiger partial charge in [-0.1, -0.05) is 25.1 Å². The zero-order valence-corrected chi connectivity index (χ0v) is 18.7. The Hall–Kier alpha value is -3.20. The number of hydrogen-bond acceptors (Lipinski definition) is 5. The Kier molecular flexibility index (Phi) is 6.17. The number of nitrogens with one attached hydrogen (secondary N) is 1. The van der Waals surface area contributed by atoms with Gasteiger partial charge in [0.1, 0.15) is 4.90 Å². The number of nitrogens with zero attached hydrogens (tertiary/aromatic N) is 2. The molecule has 8 nitrogen and oxygen atoms in total. The molecule has 0 atom stereocenters. The summed E-state index contributed by atoms with van der Waals surface area (Å²) in [5.74, 6) is -1.50. The van der Waals surface area contributed by atoms with Gasteiger partial charge in [-0.05, 0) is 50.1 Å². The quantitative estimate of drug-likeness (QED) is 0.739. The molecule has 0 spiro atoms. The number of likely N-dealkylation sites (N-methyl/N-ethyl adjacent to an activating group) is 1. The van der Waals surface area contributed by atoms with Crippen molar-refractivity contribution in [3.63, 3.8) is 0 Å². The van der Waals surface area contributed by atoms with Gasteiger partial charge in [0.05, 0.1) is 12.1 Å². The van der Waals surface area contributed by atoms with E-state index in [0.29, 0.717) is 5.69 Å². The molecule has 0 fully saturated rings. The minimum absolute atomic E-state index is 0.0434. The van der Waals surface area contributed by atoms with Gasteiger partial charge in [0.2, 0.25) is 5.91 Å². The van der Waals surface area contributed by atoms with Crippen molar-refractivity contribution >= 4 is 33.4 Å². The Morgan fingerprint density at radius 3 is 2.45 bits per heavy atom. The lowest BCUT2D eigenvalue weighted by Gasteiger charge is -2.19. The van der Waals surface area contributed by atoms with E-state index in [9.17, 15) is 22.8 Å². The van der Waals surface area contributed by atoms with Crippen LogP contribution in [0.15, 0.2) is 47.4 Å². The molecule has 9 heteroatoms. The number of sulfonamides is 1. The third kappa shape index (κ3) is 4.18. The first-order valence-corrected chi connectivity index (χ1v) is 11.4. The van der Waals surface area contributed by atoms with Crippen LogP contribution < -0.4 is 5.32 Å². The van der Waals surface area contributed by atoms with E-state index in [1.165, 1.54) is 30.1 Å². The van der Waals surface area contributed by atoms with Crippen LogP contribution in [-0.4, -0.2) is 55.0 Å². The summed E-state index contributed by atoms with van der Waals surface area (Å²) in [5, 5.41) is 2.80. The number of hydrogen-bond donors (Lipinski definition) is 1. The highest BCUT2D eigenvalue weighted by atomic mass is 32.2. The van der Waals surface area contributed by atoms with Gasteiger partial charge in [-0.15, -0.1) is 0 Å². The Labute approximate surface area is 181 Å². The van der Waals surface area contributed by atoms with Crippen molar-refractivity contribution in [1.82, 2.24) is 9.21 Å². The summed E-state index contributed by atoms with van der Waals surface area (Å²) in [6.07, 6.45) is 0.751. The van der Waals surface area contributed by atoms with Gasteiger partial charge in [-0.25, -0.2) is 12.7 Å². The monoisotopic (exact) mass is 443 g/mol. The van der Waals surface area contributed by atoms with Crippen LogP contribution in [0.4, 0.5) is 5.69 Å². The van der Waals surface area contributed by atoms with E-state index < -0.39 is 27.9 Å². The minimum Gasteiger partial charge on any atom is -0.332 e. The van der Waals surface area contributed by atoms with Crippen LogP contribution >= 0.6 is 0 Å². The smallest absolute Gasteiger partial charge is 0.269 e. The van der Waals surface area contributed by atoms with Gasteiger partial charge in [0.15, 0.2) is 0 Å².